The molecule has 0 saturated carbocycles. The average Bonchev–Trinajstić information content (AvgIpc) is 2.52. The highest BCUT2D eigenvalue weighted by Gasteiger charge is 2.46. The Morgan fingerprint density at radius 2 is 2.12 bits per heavy atom. The molecular formula is C11H19F3N2. The van der Waals surface area contributed by atoms with E-state index in [9.17, 15) is 13.2 Å². The quantitative estimate of drug-likeness (QED) is 0.750. The Labute approximate surface area is 94.2 Å². The largest absolute Gasteiger partial charge is 0.401 e. The molecule has 2 atom stereocenters. The number of hydrogen-bond donors (Lipinski definition) is 1. The molecule has 0 amide bonds. The van der Waals surface area contributed by atoms with Gasteiger partial charge in [-0.3, -0.25) is 4.90 Å². The molecule has 2 heterocycles. The van der Waals surface area contributed by atoms with Gasteiger partial charge in [-0.1, -0.05) is 0 Å². The van der Waals surface area contributed by atoms with E-state index in [-0.39, 0.29) is 5.54 Å². The fourth-order valence-electron chi connectivity index (χ4n) is 2.98. The molecular weight excluding hydrogens is 217 g/mol. The molecule has 2 aliphatic rings. The Morgan fingerprint density at radius 3 is 2.69 bits per heavy atom. The Morgan fingerprint density at radius 1 is 1.38 bits per heavy atom. The van der Waals surface area contributed by atoms with Crippen molar-refractivity contribution in [3.8, 4) is 0 Å². The first kappa shape index (κ1) is 12.2. The zero-order valence-corrected chi connectivity index (χ0v) is 9.61. The summed E-state index contributed by atoms with van der Waals surface area (Å²) >= 11 is 0. The van der Waals surface area contributed by atoms with Crippen molar-refractivity contribution in [3.63, 3.8) is 0 Å². The van der Waals surface area contributed by atoms with Gasteiger partial charge in [-0.05, 0) is 39.2 Å². The first-order chi connectivity index (χ1) is 7.41. The summed E-state index contributed by atoms with van der Waals surface area (Å²) in [6, 6.07) is 0.443. The van der Waals surface area contributed by atoms with Crippen molar-refractivity contribution in [2.24, 2.45) is 0 Å². The molecule has 94 valence electrons. The number of nitrogens with one attached hydrogen (secondary N) is 1. The van der Waals surface area contributed by atoms with Crippen LogP contribution in [0.25, 0.3) is 0 Å². The van der Waals surface area contributed by atoms with E-state index in [0.717, 1.165) is 25.7 Å². The predicted octanol–water partition coefficient (Wildman–Crippen LogP) is 2.16. The molecule has 0 bridgehead atoms. The van der Waals surface area contributed by atoms with Gasteiger partial charge in [0.1, 0.15) is 0 Å². The minimum absolute atomic E-state index is 0.220. The highest BCUT2D eigenvalue weighted by Crippen LogP contribution is 2.37. The van der Waals surface area contributed by atoms with Crippen molar-refractivity contribution in [1.29, 1.82) is 0 Å². The molecule has 0 aliphatic carbocycles. The van der Waals surface area contributed by atoms with Gasteiger partial charge in [0.2, 0.25) is 0 Å². The van der Waals surface area contributed by atoms with Gasteiger partial charge in [0, 0.05) is 18.1 Å². The molecule has 16 heavy (non-hydrogen) atoms. The highest BCUT2D eigenvalue weighted by molar-refractivity contribution is 5.01. The third kappa shape index (κ3) is 2.51. The maximum absolute atomic E-state index is 12.5. The smallest absolute Gasteiger partial charge is 0.312 e. The molecule has 1 spiro atoms. The van der Waals surface area contributed by atoms with Crippen molar-refractivity contribution in [2.45, 2.75) is 50.4 Å². The van der Waals surface area contributed by atoms with Gasteiger partial charge in [0.25, 0.3) is 0 Å². The molecule has 0 aromatic carbocycles. The summed E-state index contributed by atoms with van der Waals surface area (Å²) in [5.41, 5.74) is -0.220. The van der Waals surface area contributed by atoms with Crippen LogP contribution in [0, 0.1) is 0 Å². The molecule has 2 aliphatic heterocycles. The monoisotopic (exact) mass is 236 g/mol. The van der Waals surface area contributed by atoms with Crippen molar-refractivity contribution in [2.75, 3.05) is 19.6 Å². The van der Waals surface area contributed by atoms with E-state index >= 15 is 0 Å². The van der Waals surface area contributed by atoms with Crippen LogP contribution < -0.4 is 5.32 Å². The summed E-state index contributed by atoms with van der Waals surface area (Å²) in [5, 5.41) is 3.32. The van der Waals surface area contributed by atoms with E-state index in [1.165, 1.54) is 0 Å². The fraction of sp³-hybridized carbons (Fsp3) is 1.00. The zero-order valence-electron chi connectivity index (χ0n) is 9.61. The lowest BCUT2D eigenvalue weighted by molar-refractivity contribution is -0.156. The highest BCUT2D eigenvalue weighted by atomic mass is 19.4. The lowest BCUT2D eigenvalue weighted by Gasteiger charge is -2.44. The summed E-state index contributed by atoms with van der Waals surface area (Å²) in [7, 11) is 0. The van der Waals surface area contributed by atoms with Crippen molar-refractivity contribution < 1.29 is 13.2 Å². The van der Waals surface area contributed by atoms with Crippen LogP contribution in [0.5, 0.6) is 0 Å². The Balaban J connectivity index is 2.02. The molecule has 2 nitrogen and oxygen atoms in total. The average molecular weight is 236 g/mol. The Hall–Kier alpha value is -0.290. The normalized spacial score (nSPS) is 37.1. The standard InChI is InChI=1S/C11H19F3N2/c1-9-3-5-10(7-15-9)4-2-6-16(10)8-11(12,13)14/h9,15H,2-8H2,1H3. The van der Waals surface area contributed by atoms with Crippen molar-refractivity contribution in [3.05, 3.63) is 0 Å². The predicted molar refractivity (Wildman–Crippen MR) is 56.3 cm³/mol. The van der Waals surface area contributed by atoms with E-state index < -0.39 is 12.7 Å². The molecule has 0 radical (unpaired) electrons. The molecule has 1 N–H and O–H groups in total. The molecule has 2 unspecified atom stereocenters. The number of alkyl halides is 3. The van der Waals surface area contributed by atoms with Crippen LogP contribution >= 0.6 is 0 Å². The second-order valence-electron chi connectivity index (χ2n) is 5.19. The maximum atomic E-state index is 12.5. The van der Waals surface area contributed by atoms with Crippen LogP contribution in [0.15, 0.2) is 0 Å². The van der Waals surface area contributed by atoms with Crippen LogP contribution in [0.4, 0.5) is 13.2 Å². The lowest BCUT2D eigenvalue weighted by Crippen LogP contribution is -2.58. The maximum Gasteiger partial charge on any atom is 0.401 e. The van der Waals surface area contributed by atoms with Gasteiger partial charge in [-0.15, -0.1) is 0 Å². The zero-order chi connectivity index (χ0) is 11.8. The second kappa shape index (κ2) is 4.18. The van der Waals surface area contributed by atoms with Crippen LogP contribution in [0.3, 0.4) is 0 Å². The van der Waals surface area contributed by atoms with Crippen LogP contribution in [0.2, 0.25) is 0 Å². The summed E-state index contributed by atoms with van der Waals surface area (Å²) in [4.78, 5) is 1.64. The first-order valence-corrected chi connectivity index (χ1v) is 5.97. The third-order valence-corrected chi connectivity index (χ3v) is 3.93. The number of halogens is 3. The van der Waals surface area contributed by atoms with E-state index in [4.69, 9.17) is 0 Å². The van der Waals surface area contributed by atoms with Crippen LogP contribution in [0.1, 0.15) is 32.6 Å². The minimum atomic E-state index is -4.07. The van der Waals surface area contributed by atoms with Gasteiger partial charge >= 0.3 is 6.18 Å². The number of likely N-dealkylation sites (tertiary alicyclic amines) is 1. The van der Waals surface area contributed by atoms with Gasteiger partial charge in [-0.2, -0.15) is 13.2 Å². The molecule has 5 heteroatoms. The summed E-state index contributed by atoms with van der Waals surface area (Å²) in [6.45, 7) is 2.65. The molecule has 2 rings (SSSR count). The topological polar surface area (TPSA) is 15.3 Å². The van der Waals surface area contributed by atoms with Crippen LogP contribution in [-0.4, -0.2) is 42.3 Å². The Kier molecular flexibility index (Phi) is 3.18. The van der Waals surface area contributed by atoms with E-state index in [1.54, 1.807) is 4.90 Å². The summed E-state index contributed by atoms with van der Waals surface area (Å²) in [6.07, 6.45) is -0.388. The number of hydrogen-bond acceptors (Lipinski definition) is 2. The van der Waals surface area contributed by atoms with Gasteiger partial charge in [0.05, 0.1) is 6.54 Å². The minimum Gasteiger partial charge on any atom is -0.312 e. The number of piperidine rings is 1. The van der Waals surface area contributed by atoms with Gasteiger partial charge in [0.15, 0.2) is 0 Å². The number of nitrogens with zero attached hydrogens (tertiary/aromatic N) is 1. The van der Waals surface area contributed by atoms with E-state index in [0.29, 0.717) is 19.1 Å². The van der Waals surface area contributed by atoms with Crippen molar-refractivity contribution >= 4 is 0 Å². The first-order valence-electron chi connectivity index (χ1n) is 5.97. The second-order valence-corrected chi connectivity index (χ2v) is 5.19. The molecule has 0 aromatic rings. The molecule has 2 saturated heterocycles. The summed E-state index contributed by atoms with van der Waals surface area (Å²) < 4.78 is 37.4. The number of rotatable bonds is 1. The SMILES string of the molecule is CC1CCC2(CCCN2CC(F)(F)F)CN1. The van der Waals surface area contributed by atoms with Gasteiger partial charge < -0.3 is 5.32 Å². The van der Waals surface area contributed by atoms with Crippen LogP contribution in [-0.2, 0) is 0 Å². The van der Waals surface area contributed by atoms with E-state index in [2.05, 4.69) is 12.2 Å². The molecule has 0 aromatic heterocycles. The van der Waals surface area contributed by atoms with Gasteiger partial charge in [-0.25, -0.2) is 0 Å². The third-order valence-electron chi connectivity index (χ3n) is 3.93. The lowest BCUT2D eigenvalue weighted by atomic mass is 9.85. The molecule has 2 fully saturated rings. The van der Waals surface area contributed by atoms with E-state index in [1.807, 2.05) is 0 Å². The fourth-order valence-corrected chi connectivity index (χ4v) is 2.98. The van der Waals surface area contributed by atoms with Crippen molar-refractivity contribution in [1.82, 2.24) is 10.2 Å². The summed E-state index contributed by atoms with van der Waals surface area (Å²) in [5.74, 6) is 0. The Bertz CT molecular complexity index is 244.